The maximum Gasteiger partial charge on any atom is 0.254 e. The van der Waals surface area contributed by atoms with Gasteiger partial charge in [0.05, 0.1) is 18.7 Å². The number of benzene rings is 3. The van der Waals surface area contributed by atoms with Gasteiger partial charge in [-0.05, 0) is 23.8 Å². The standard InChI is InChI=1S/C27H25N3O3/c1-33-22-13-11-20(12-14-22)25(19-28)29-15-17-30(18-16-29)27(32)24-10-6-5-9-23(24)26(31)21-7-3-2-4-8-21/h2-14,25H,15-18H2,1H3. The Hall–Kier alpha value is -3.95. The van der Waals surface area contributed by atoms with Gasteiger partial charge in [0.15, 0.2) is 5.78 Å². The van der Waals surface area contributed by atoms with Gasteiger partial charge in [0.2, 0.25) is 0 Å². The third-order valence-electron chi connectivity index (χ3n) is 5.96. The highest BCUT2D eigenvalue weighted by molar-refractivity contribution is 6.15. The SMILES string of the molecule is COc1ccc(C(C#N)N2CCN(C(=O)c3ccccc3C(=O)c3ccccc3)CC2)cc1. The van der Waals surface area contributed by atoms with Crippen molar-refractivity contribution in [1.29, 1.82) is 5.26 Å². The third kappa shape index (κ3) is 4.79. The molecule has 1 aliphatic heterocycles. The van der Waals surface area contributed by atoms with Gasteiger partial charge in [0.1, 0.15) is 11.8 Å². The van der Waals surface area contributed by atoms with Gasteiger partial charge in [-0.25, -0.2) is 0 Å². The highest BCUT2D eigenvalue weighted by atomic mass is 16.5. The smallest absolute Gasteiger partial charge is 0.254 e. The number of carbonyl (C=O) groups is 2. The summed E-state index contributed by atoms with van der Waals surface area (Å²) in [5.74, 6) is 0.421. The summed E-state index contributed by atoms with van der Waals surface area (Å²) in [5.41, 5.74) is 2.27. The number of methoxy groups -OCH3 is 1. The van der Waals surface area contributed by atoms with Gasteiger partial charge in [0, 0.05) is 37.3 Å². The Balaban J connectivity index is 1.47. The monoisotopic (exact) mass is 439 g/mol. The number of nitriles is 1. The van der Waals surface area contributed by atoms with E-state index >= 15 is 0 Å². The lowest BCUT2D eigenvalue weighted by Gasteiger charge is -2.37. The zero-order valence-corrected chi connectivity index (χ0v) is 18.5. The maximum atomic E-state index is 13.3. The highest BCUT2D eigenvalue weighted by Gasteiger charge is 2.29. The molecule has 0 radical (unpaired) electrons. The molecule has 4 rings (SSSR count). The van der Waals surface area contributed by atoms with Crippen LogP contribution in [0.5, 0.6) is 5.75 Å². The average molecular weight is 440 g/mol. The lowest BCUT2D eigenvalue weighted by atomic mass is 9.97. The van der Waals surface area contributed by atoms with Crippen LogP contribution in [0, 0.1) is 11.3 Å². The largest absolute Gasteiger partial charge is 0.497 e. The summed E-state index contributed by atoms with van der Waals surface area (Å²) >= 11 is 0. The maximum absolute atomic E-state index is 13.3. The molecule has 1 atom stereocenters. The van der Waals surface area contributed by atoms with Crippen LogP contribution in [0.2, 0.25) is 0 Å². The molecule has 0 spiro atoms. The molecule has 0 aromatic heterocycles. The second-order valence-electron chi connectivity index (χ2n) is 7.87. The van der Waals surface area contributed by atoms with Crippen molar-refractivity contribution >= 4 is 11.7 Å². The van der Waals surface area contributed by atoms with Crippen LogP contribution in [-0.2, 0) is 0 Å². The van der Waals surface area contributed by atoms with E-state index in [1.807, 2.05) is 42.5 Å². The molecule has 3 aromatic carbocycles. The molecule has 1 aliphatic rings. The van der Waals surface area contributed by atoms with Crippen LogP contribution in [0.15, 0.2) is 78.9 Å². The molecule has 6 nitrogen and oxygen atoms in total. The van der Waals surface area contributed by atoms with Gasteiger partial charge in [-0.1, -0.05) is 60.7 Å². The molecule has 6 heteroatoms. The van der Waals surface area contributed by atoms with E-state index in [0.29, 0.717) is 42.9 Å². The van der Waals surface area contributed by atoms with Crippen molar-refractivity contribution in [1.82, 2.24) is 9.80 Å². The van der Waals surface area contributed by atoms with E-state index < -0.39 is 0 Å². The Morgan fingerprint density at radius 3 is 2.06 bits per heavy atom. The number of rotatable bonds is 6. The third-order valence-corrected chi connectivity index (χ3v) is 5.96. The Bertz CT molecular complexity index is 1160. The summed E-state index contributed by atoms with van der Waals surface area (Å²) in [6.07, 6.45) is 0. The second-order valence-corrected chi connectivity index (χ2v) is 7.87. The Morgan fingerprint density at radius 2 is 1.45 bits per heavy atom. The summed E-state index contributed by atoms with van der Waals surface area (Å²) in [4.78, 5) is 30.2. The van der Waals surface area contributed by atoms with E-state index in [4.69, 9.17) is 4.74 Å². The van der Waals surface area contributed by atoms with Crippen molar-refractivity contribution in [3.63, 3.8) is 0 Å². The van der Waals surface area contributed by atoms with E-state index in [0.717, 1.165) is 11.3 Å². The second kappa shape index (κ2) is 10.1. The number of carbonyl (C=O) groups excluding carboxylic acids is 2. The zero-order valence-electron chi connectivity index (χ0n) is 18.5. The van der Waals surface area contributed by atoms with Crippen LogP contribution in [0.3, 0.4) is 0 Å². The minimum atomic E-state index is -0.389. The van der Waals surface area contributed by atoms with E-state index in [-0.39, 0.29) is 17.7 Å². The first kappa shape index (κ1) is 22.3. The first-order valence-electron chi connectivity index (χ1n) is 10.9. The van der Waals surface area contributed by atoms with Crippen molar-refractivity contribution < 1.29 is 14.3 Å². The minimum absolute atomic E-state index is 0.160. The van der Waals surface area contributed by atoms with Crippen molar-refractivity contribution in [3.8, 4) is 11.8 Å². The molecule has 33 heavy (non-hydrogen) atoms. The van der Waals surface area contributed by atoms with Crippen molar-refractivity contribution in [3.05, 3.63) is 101 Å². The average Bonchev–Trinajstić information content (AvgIpc) is 2.89. The molecule has 1 saturated heterocycles. The van der Waals surface area contributed by atoms with Crippen LogP contribution >= 0.6 is 0 Å². The molecule has 0 aliphatic carbocycles. The summed E-state index contributed by atoms with van der Waals surface area (Å²) in [6.45, 7) is 2.12. The fraction of sp³-hybridized carbons (Fsp3) is 0.222. The minimum Gasteiger partial charge on any atom is -0.497 e. The van der Waals surface area contributed by atoms with E-state index in [2.05, 4.69) is 11.0 Å². The number of hydrogen-bond donors (Lipinski definition) is 0. The number of amides is 1. The number of hydrogen-bond acceptors (Lipinski definition) is 5. The normalized spacial score (nSPS) is 14.8. The van der Waals surface area contributed by atoms with Crippen molar-refractivity contribution in [2.24, 2.45) is 0 Å². The molecule has 0 N–H and O–H groups in total. The van der Waals surface area contributed by atoms with Gasteiger partial charge in [0.25, 0.3) is 5.91 Å². The summed E-state index contributed by atoms with van der Waals surface area (Å²) < 4.78 is 5.20. The molecule has 166 valence electrons. The topological polar surface area (TPSA) is 73.6 Å². The molecule has 1 heterocycles. The van der Waals surface area contributed by atoms with Gasteiger partial charge in [-0.3, -0.25) is 14.5 Å². The van der Waals surface area contributed by atoms with E-state index in [9.17, 15) is 14.9 Å². The predicted octanol–water partition coefficient (Wildman–Crippen LogP) is 3.95. The number of ether oxygens (including phenoxy) is 1. The molecule has 1 unspecified atom stereocenters. The molecular weight excluding hydrogens is 414 g/mol. The number of piperazine rings is 1. The van der Waals surface area contributed by atoms with Crippen LogP contribution in [0.25, 0.3) is 0 Å². The highest BCUT2D eigenvalue weighted by Crippen LogP contribution is 2.25. The van der Waals surface area contributed by atoms with Gasteiger partial charge >= 0.3 is 0 Å². The Labute approximate surface area is 193 Å². The summed E-state index contributed by atoms with van der Waals surface area (Å²) in [6, 6.07) is 25.4. The molecule has 0 saturated carbocycles. The van der Waals surface area contributed by atoms with Crippen LogP contribution in [0.1, 0.15) is 37.9 Å². The van der Waals surface area contributed by atoms with E-state index in [1.54, 1.807) is 48.4 Å². The van der Waals surface area contributed by atoms with Gasteiger partial charge in [-0.2, -0.15) is 5.26 Å². The summed E-state index contributed by atoms with van der Waals surface area (Å²) in [7, 11) is 1.61. The lowest BCUT2D eigenvalue weighted by molar-refractivity contribution is 0.0603. The summed E-state index contributed by atoms with van der Waals surface area (Å²) in [5, 5.41) is 9.78. The van der Waals surface area contributed by atoms with Crippen LogP contribution < -0.4 is 4.74 Å². The molecular formula is C27H25N3O3. The Morgan fingerprint density at radius 1 is 0.848 bits per heavy atom. The van der Waals surface area contributed by atoms with E-state index in [1.165, 1.54) is 0 Å². The zero-order chi connectivity index (χ0) is 23.2. The van der Waals surface area contributed by atoms with Crippen LogP contribution in [0.4, 0.5) is 0 Å². The van der Waals surface area contributed by atoms with Crippen molar-refractivity contribution in [2.75, 3.05) is 33.3 Å². The molecule has 0 bridgehead atoms. The van der Waals surface area contributed by atoms with Crippen molar-refractivity contribution in [2.45, 2.75) is 6.04 Å². The Kier molecular flexibility index (Phi) is 6.82. The lowest BCUT2D eigenvalue weighted by Crippen LogP contribution is -2.49. The van der Waals surface area contributed by atoms with Gasteiger partial charge < -0.3 is 9.64 Å². The quantitative estimate of drug-likeness (QED) is 0.544. The molecule has 3 aromatic rings. The number of ketones is 1. The van der Waals surface area contributed by atoms with Crippen LogP contribution in [-0.4, -0.2) is 54.8 Å². The van der Waals surface area contributed by atoms with Gasteiger partial charge in [-0.15, -0.1) is 0 Å². The fourth-order valence-corrected chi connectivity index (χ4v) is 4.12. The molecule has 1 amide bonds. The predicted molar refractivity (Wildman–Crippen MR) is 125 cm³/mol. The first-order valence-corrected chi connectivity index (χ1v) is 10.9. The molecule has 1 fully saturated rings. The fourth-order valence-electron chi connectivity index (χ4n) is 4.12. The first-order chi connectivity index (χ1) is 16.1. The number of nitrogens with zero attached hydrogens (tertiary/aromatic N) is 3.